The number of nitrogens with zero attached hydrogens (tertiary/aromatic N) is 2. The number of hydrogen-bond acceptors (Lipinski definition) is 3. The molecule has 0 fully saturated rings. The van der Waals surface area contributed by atoms with Gasteiger partial charge >= 0.3 is 0 Å². The van der Waals surface area contributed by atoms with Crippen molar-refractivity contribution in [3.63, 3.8) is 0 Å². The van der Waals surface area contributed by atoms with Gasteiger partial charge in [0.2, 0.25) is 5.89 Å². The van der Waals surface area contributed by atoms with Gasteiger partial charge in [0.25, 0.3) is 0 Å². The van der Waals surface area contributed by atoms with Gasteiger partial charge in [0, 0.05) is 12.6 Å². The van der Waals surface area contributed by atoms with Crippen LogP contribution < -0.4 is 0 Å². The zero-order valence-electron chi connectivity index (χ0n) is 8.51. The van der Waals surface area contributed by atoms with Crippen molar-refractivity contribution < 1.29 is 9.21 Å². The quantitative estimate of drug-likeness (QED) is 0.714. The Morgan fingerprint density at radius 3 is 3.13 bits per heavy atom. The van der Waals surface area contributed by atoms with E-state index in [9.17, 15) is 4.79 Å². The summed E-state index contributed by atoms with van der Waals surface area (Å²) in [6, 6.07) is 3.59. The summed E-state index contributed by atoms with van der Waals surface area (Å²) in [6.45, 7) is 2.51. The van der Waals surface area contributed by atoms with Gasteiger partial charge in [-0.2, -0.15) is 0 Å². The summed E-state index contributed by atoms with van der Waals surface area (Å²) < 4.78 is 7.26. The summed E-state index contributed by atoms with van der Waals surface area (Å²) in [4.78, 5) is 14.8. The Morgan fingerprint density at radius 1 is 1.60 bits per heavy atom. The molecule has 4 nitrogen and oxygen atoms in total. The number of aldehydes is 1. The van der Waals surface area contributed by atoms with Crippen molar-refractivity contribution in [3.05, 3.63) is 41.9 Å². The normalized spacial score (nSPS) is 10.5. The van der Waals surface area contributed by atoms with E-state index in [2.05, 4.69) is 4.98 Å². The lowest BCUT2D eigenvalue weighted by atomic mass is 10.4. The first-order valence-electron chi connectivity index (χ1n) is 4.87. The van der Waals surface area contributed by atoms with Crippen LogP contribution in [0, 0.1) is 0 Å². The van der Waals surface area contributed by atoms with Gasteiger partial charge in [-0.05, 0) is 12.1 Å². The van der Waals surface area contributed by atoms with E-state index in [1.54, 1.807) is 16.8 Å². The summed E-state index contributed by atoms with van der Waals surface area (Å²) in [5.74, 6) is 1.50. The monoisotopic (exact) mass is 204 g/mol. The summed E-state index contributed by atoms with van der Waals surface area (Å²) in [6.07, 6.45) is 5.21. The van der Waals surface area contributed by atoms with Crippen molar-refractivity contribution in [1.82, 2.24) is 9.55 Å². The minimum Gasteiger partial charge on any atom is -0.444 e. The molecular weight excluding hydrogens is 192 g/mol. The summed E-state index contributed by atoms with van der Waals surface area (Å²) >= 11 is 0. The van der Waals surface area contributed by atoms with Gasteiger partial charge in [0.05, 0.1) is 18.4 Å². The zero-order valence-corrected chi connectivity index (χ0v) is 8.51. The highest BCUT2D eigenvalue weighted by atomic mass is 16.4. The van der Waals surface area contributed by atoms with Crippen LogP contribution in [0.5, 0.6) is 0 Å². The van der Waals surface area contributed by atoms with Crippen molar-refractivity contribution >= 4 is 6.29 Å². The Kier molecular flexibility index (Phi) is 2.67. The van der Waals surface area contributed by atoms with E-state index in [-0.39, 0.29) is 0 Å². The van der Waals surface area contributed by atoms with Gasteiger partial charge in [-0.15, -0.1) is 0 Å². The molecule has 2 heterocycles. The standard InChI is InChI=1S/C11H12N2O2/c1-2-10-6-12-11(15-10)7-13-5-3-4-9(13)8-14/h3-6,8H,2,7H2,1H3. The van der Waals surface area contributed by atoms with E-state index in [1.165, 1.54) is 0 Å². The molecule has 0 aliphatic rings. The van der Waals surface area contributed by atoms with Crippen LogP contribution in [0.4, 0.5) is 0 Å². The van der Waals surface area contributed by atoms with E-state index in [0.717, 1.165) is 18.5 Å². The van der Waals surface area contributed by atoms with Gasteiger partial charge in [-0.1, -0.05) is 6.92 Å². The first-order valence-corrected chi connectivity index (χ1v) is 4.87. The zero-order chi connectivity index (χ0) is 10.7. The third kappa shape index (κ3) is 1.98. The smallest absolute Gasteiger partial charge is 0.214 e. The van der Waals surface area contributed by atoms with Gasteiger partial charge in [-0.3, -0.25) is 4.79 Å². The molecule has 0 aromatic carbocycles. The molecule has 2 aromatic rings. The second-order valence-corrected chi connectivity index (χ2v) is 3.25. The van der Waals surface area contributed by atoms with Crippen LogP contribution in [-0.4, -0.2) is 15.8 Å². The average molecular weight is 204 g/mol. The Bertz CT molecular complexity index is 457. The highest BCUT2D eigenvalue weighted by Gasteiger charge is 2.05. The Morgan fingerprint density at radius 2 is 2.47 bits per heavy atom. The summed E-state index contributed by atoms with van der Waals surface area (Å²) in [5, 5.41) is 0. The number of oxazole rings is 1. The SMILES string of the molecule is CCc1cnc(Cn2cccc2C=O)o1. The molecule has 0 atom stereocenters. The van der Waals surface area contributed by atoms with E-state index < -0.39 is 0 Å². The fourth-order valence-electron chi connectivity index (χ4n) is 1.41. The third-order valence-electron chi connectivity index (χ3n) is 2.24. The highest BCUT2D eigenvalue weighted by Crippen LogP contribution is 2.08. The average Bonchev–Trinajstić information content (AvgIpc) is 2.87. The first-order chi connectivity index (χ1) is 7.33. The maximum absolute atomic E-state index is 10.7. The minimum absolute atomic E-state index is 0.501. The van der Waals surface area contributed by atoms with Gasteiger partial charge in [-0.25, -0.2) is 4.98 Å². The van der Waals surface area contributed by atoms with Gasteiger partial charge < -0.3 is 8.98 Å². The largest absolute Gasteiger partial charge is 0.444 e. The Balaban J connectivity index is 2.17. The molecule has 0 aliphatic heterocycles. The molecule has 4 heteroatoms. The van der Waals surface area contributed by atoms with Crippen molar-refractivity contribution in [1.29, 1.82) is 0 Å². The predicted molar refractivity (Wildman–Crippen MR) is 54.8 cm³/mol. The van der Waals surface area contributed by atoms with E-state index in [1.807, 2.05) is 19.2 Å². The van der Waals surface area contributed by atoms with Gasteiger partial charge in [0.1, 0.15) is 5.76 Å². The summed E-state index contributed by atoms with van der Waals surface area (Å²) in [7, 11) is 0. The first kappa shape index (κ1) is 9.71. The lowest BCUT2D eigenvalue weighted by molar-refractivity contribution is 0.111. The van der Waals surface area contributed by atoms with Crippen LogP contribution in [0.1, 0.15) is 29.1 Å². The van der Waals surface area contributed by atoms with Crippen molar-refractivity contribution in [2.45, 2.75) is 19.9 Å². The van der Waals surface area contributed by atoms with Crippen molar-refractivity contribution in [2.75, 3.05) is 0 Å². The van der Waals surface area contributed by atoms with Crippen LogP contribution in [0.15, 0.2) is 28.9 Å². The lowest BCUT2D eigenvalue weighted by Gasteiger charge is -2.00. The van der Waals surface area contributed by atoms with E-state index in [4.69, 9.17) is 4.42 Å². The van der Waals surface area contributed by atoms with Crippen molar-refractivity contribution in [2.24, 2.45) is 0 Å². The summed E-state index contributed by atoms with van der Waals surface area (Å²) in [5.41, 5.74) is 0.631. The molecule has 78 valence electrons. The Hall–Kier alpha value is -1.84. The van der Waals surface area contributed by atoms with Crippen LogP contribution in [-0.2, 0) is 13.0 Å². The molecule has 0 N–H and O–H groups in total. The minimum atomic E-state index is 0.501. The molecule has 0 saturated heterocycles. The molecule has 0 amide bonds. The van der Waals surface area contributed by atoms with Crippen LogP contribution in [0.25, 0.3) is 0 Å². The maximum atomic E-state index is 10.7. The predicted octanol–water partition coefficient (Wildman–Crippen LogP) is 1.90. The highest BCUT2D eigenvalue weighted by molar-refractivity contribution is 5.72. The molecule has 15 heavy (non-hydrogen) atoms. The maximum Gasteiger partial charge on any atom is 0.214 e. The number of aryl methyl sites for hydroxylation is 1. The molecule has 0 saturated carbocycles. The third-order valence-corrected chi connectivity index (χ3v) is 2.24. The Labute approximate surface area is 87.5 Å². The molecule has 0 spiro atoms. The molecule has 0 bridgehead atoms. The van der Waals surface area contributed by atoms with E-state index in [0.29, 0.717) is 18.1 Å². The molecule has 0 unspecified atom stereocenters. The lowest BCUT2D eigenvalue weighted by Crippen LogP contribution is -2.02. The molecule has 2 rings (SSSR count). The van der Waals surface area contributed by atoms with Gasteiger partial charge in [0.15, 0.2) is 6.29 Å². The molecule has 0 aliphatic carbocycles. The van der Waals surface area contributed by atoms with Crippen LogP contribution in [0.2, 0.25) is 0 Å². The molecular formula is C11H12N2O2. The topological polar surface area (TPSA) is 48.0 Å². The number of hydrogen-bond donors (Lipinski definition) is 0. The number of rotatable bonds is 4. The number of carbonyl (C=O) groups is 1. The number of carbonyl (C=O) groups excluding carboxylic acids is 1. The fourth-order valence-corrected chi connectivity index (χ4v) is 1.41. The molecule has 0 radical (unpaired) electrons. The second kappa shape index (κ2) is 4.13. The van der Waals surface area contributed by atoms with E-state index >= 15 is 0 Å². The van der Waals surface area contributed by atoms with Crippen LogP contribution >= 0.6 is 0 Å². The van der Waals surface area contributed by atoms with Crippen LogP contribution in [0.3, 0.4) is 0 Å². The number of aromatic nitrogens is 2. The van der Waals surface area contributed by atoms with Crippen molar-refractivity contribution in [3.8, 4) is 0 Å². The fraction of sp³-hybridized carbons (Fsp3) is 0.273. The second-order valence-electron chi connectivity index (χ2n) is 3.25. The molecule has 2 aromatic heterocycles.